The Morgan fingerprint density at radius 1 is 0.931 bits per heavy atom. The molecule has 0 aromatic heterocycles. The molecule has 29 heavy (non-hydrogen) atoms. The molecule has 0 radical (unpaired) electrons. The van der Waals surface area contributed by atoms with Crippen LogP contribution in [-0.2, 0) is 19.6 Å². The molecule has 2 amide bonds. The van der Waals surface area contributed by atoms with Crippen molar-refractivity contribution in [3.8, 4) is 0 Å². The van der Waals surface area contributed by atoms with E-state index in [0.717, 1.165) is 9.80 Å². The number of quaternary nitrogens is 1. The van der Waals surface area contributed by atoms with E-state index in [1.165, 1.54) is 28.6 Å². The van der Waals surface area contributed by atoms with Gasteiger partial charge in [-0.2, -0.15) is 4.31 Å². The van der Waals surface area contributed by atoms with Gasteiger partial charge in [-0.1, -0.05) is 18.2 Å². The van der Waals surface area contributed by atoms with Gasteiger partial charge in [0.05, 0.1) is 43.2 Å². The van der Waals surface area contributed by atoms with Crippen molar-refractivity contribution in [3.63, 3.8) is 0 Å². The van der Waals surface area contributed by atoms with Crippen LogP contribution in [0.5, 0.6) is 0 Å². The van der Waals surface area contributed by atoms with Gasteiger partial charge in [0, 0.05) is 0 Å². The first-order valence-electron chi connectivity index (χ1n) is 9.40. The van der Waals surface area contributed by atoms with Gasteiger partial charge in [0.1, 0.15) is 5.82 Å². The van der Waals surface area contributed by atoms with E-state index in [1.807, 2.05) is 0 Å². The van der Waals surface area contributed by atoms with Gasteiger partial charge in [-0.3, -0.25) is 9.59 Å². The van der Waals surface area contributed by atoms with Gasteiger partial charge in [-0.25, -0.2) is 17.7 Å². The fourth-order valence-electron chi connectivity index (χ4n) is 3.92. The third-order valence-corrected chi connectivity index (χ3v) is 7.38. The number of nitrogens with one attached hydrogen (secondary N) is 1. The van der Waals surface area contributed by atoms with Crippen LogP contribution in [0.25, 0.3) is 0 Å². The van der Waals surface area contributed by atoms with Crippen LogP contribution in [0, 0.1) is 5.82 Å². The third kappa shape index (κ3) is 3.68. The van der Waals surface area contributed by atoms with Crippen LogP contribution in [-0.4, -0.2) is 56.8 Å². The van der Waals surface area contributed by atoms with Crippen LogP contribution >= 0.6 is 0 Å². The molecule has 1 atom stereocenters. The molecule has 2 saturated heterocycles. The number of anilines is 1. The van der Waals surface area contributed by atoms with Gasteiger partial charge in [0.15, 0.2) is 6.04 Å². The molecule has 2 fully saturated rings. The van der Waals surface area contributed by atoms with Gasteiger partial charge < -0.3 is 4.90 Å². The van der Waals surface area contributed by atoms with Crippen LogP contribution in [0.3, 0.4) is 0 Å². The van der Waals surface area contributed by atoms with Crippen LogP contribution in [0.4, 0.5) is 10.1 Å². The fraction of sp³-hybridized carbons (Fsp3) is 0.300. The van der Waals surface area contributed by atoms with Crippen LogP contribution in [0.2, 0.25) is 0 Å². The summed E-state index contributed by atoms with van der Waals surface area (Å²) in [7, 11) is -3.57. The van der Waals surface area contributed by atoms with Gasteiger partial charge in [0.2, 0.25) is 15.9 Å². The number of sulfonamides is 1. The first-order valence-corrected chi connectivity index (χ1v) is 10.8. The molecule has 2 heterocycles. The van der Waals surface area contributed by atoms with E-state index >= 15 is 0 Å². The molecular weight excluding hydrogens is 397 g/mol. The van der Waals surface area contributed by atoms with E-state index < -0.39 is 21.9 Å². The topological polar surface area (TPSA) is 79.2 Å². The normalized spacial score (nSPS) is 21.7. The van der Waals surface area contributed by atoms with E-state index in [2.05, 4.69) is 0 Å². The van der Waals surface area contributed by atoms with Gasteiger partial charge in [-0.05, 0) is 36.4 Å². The van der Waals surface area contributed by atoms with Crippen molar-refractivity contribution in [2.75, 3.05) is 31.1 Å². The maximum absolute atomic E-state index is 13.1. The second-order valence-electron chi connectivity index (χ2n) is 7.18. The van der Waals surface area contributed by atoms with Crippen molar-refractivity contribution in [1.29, 1.82) is 0 Å². The number of piperazine rings is 1. The Balaban J connectivity index is 1.44. The monoisotopic (exact) mass is 418 g/mol. The maximum atomic E-state index is 13.1. The number of benzene rings is 2. The second kappa shape index (κ2) is 7.66. The Kier molecular flexibility index (Phi) is 5.20. The molecule has 7 nitrogen and oxygen atoms in total. The number of imide groups is 1. The summed E-state index contributed by atoms with van der Waals surface area (Å²) in [6.45, 7) is 1.43. The molecule has 0 aliphatic carbocycles. The number of nitrogens with zero attached hydrogens (tertiary/aromatic N) is 2. The lowest BCUT2D eigenvalue weighted by molar-refractivity contribution is -0.918. The molecule has 1 N–H and O–H groups in total. The lowest BCUT2D eigenvalue weighted by Crippen LogP contribution is -3.19. The van der Waals surface area contributed by atoms with Crippen molar-refractivity contribution < 1.29 is 27.3 Å². The fourth-order valence-corrected chi connectivity index (χ4v) is 5.38. The number of halogens is 1. The maximum Gasteiger partial charge on any atom is 0.292 e. The molecule has 0 saturated carbocycles. The average Bonchev–Trinajstić information content (AvgIpc) is 3.03. The molecular formula is C20H21FN3O4S+. The third-order valence-electron chi connectivity index (χ3n) is 5.47. The van der Waals surface area contributed by atoms with E-state index in [4.69, 9.17) is 0 Å². The molecule has 2 aromatic rings. The summed E-state index contributed by atoms with van der Waals surface area (Å²) in [5, 5.41) is 0. The second-order valence-corrected chi connectivity index (χ2v) is 9.11. The Hall–Kier alpha value is -2.62. The van der Waals surface area contributed by atoms with E-state index in [9.17, 15) is 22.4 Å². The summed E-state index contributed by atoms with van der Waals surface area (Å²) in [5.41, 5.74) is 0.355. The highest BCUT2D eigenvalue weighted by atomic mass is 32.2. The van der Waals surface area contributed by atoms with Crippen molar-refractivity contribution in [2.24, 2.45) is 0 Å². The zero-order chi connectivity index (χ0) is 20.6. The van der Waals surface area contributed by atoms with Gasteiger partial charge in [0.25, 0.3) is 5.91 Å². The predicted octanol–water partition coefficient (Wildman–Crippen LogP) is 0.0470. The lowest BCUT2D eigenvalue weighted by atomic mass is 10.2. The number of rotatable bonds is 4. The standard InChI is InChI=1S/C20H20FN3O4S/c21-15-6-8-16(9-7-15)24-19(25)14-18(20(24)26)22-10-12-23(13-11-22)29(27,28)17-4-2-1-3-5-17/h1-9,18H,10-14H2/p+1/t18-/m0/s1. The summed E-state index contributed by atoms with van der Waals surface area (Å²) in [6.07, 6.45) is 0.0664. The predicted molar refractivity (Wildman–Crippen MR) is 103 cm³/mol. The summed E-state index contributed by atoms with van der Waals surface area (Å²) in [5.74, 6) is -1.08. The number of hydrogen-bond acceptors (Lipinski definition) is 4. The number of amides is 2. The Morgan fingerprint density at radius 3 is 2.17 bits per heavy atom. The first-order chi connectivity index (χ1) is 13.9. The summed E-state index contributed by atoms with van der Waals surface area (Å²) in [6, 6.07) is 12.9. The smallest absolute Gasteiger partial charge is 0.292 e. The van der Waals surface area contributed by atoms with Gasteiger partial charge >= 0.3 is 0 Å². The van der Waals surface area contributed by atoms with Crippen molar-refractivity contribution in [1.82, 2.24) is 4.31 Å². The molecule has 0 unspecified atom stereocenters. The SMILES string of the molecule is O=C1C[C@H]([NH+]2CCN(S(=O)(=O)c3ccccc3)CC2)C(=O)N1c1ccc(F)cc1. The number of carbonyl (C=O) groups is 2. The quantitative estimate of drug-likeness (QED) is 0.712. The molecule has 0 bridgehead atoms. The summed E-state index contributed by atoms with van der Waals surface area (Å²) >= 11 is 0. The molecule has 2 aromatic carbocycles. The first kappa shape index (κ1) is 19.7. The largest absolute Gasteiger partial charge is 0.322 e. The molecule has 4 rings (SSSR count). The molecule has 2 aliphatic heterocycles. The highest BCUT2D eigenvalue weighted by molar-refractivity contribution is 7.89. The molecule has 9 heteroatoms. The van der Waals surface area contributed by atoms with Crippen molar-refractivity contribution >= 4 is 27.5 Å². The van der Waals surface area contributed by atoms with Crippen LogP contribution < -0.4 is 9.80 Å². The molecule has 2 aliphatic rings. The Labute approximate surface area is 168 Å². The number of carbonyl (C=O) groups excluding carboxylic acids is 2. The minimum absolute atomic E-state index is 0.0664. The van der Waals surface area contributed by atoms with Gasteiger partial charge in [-0.15, -0.1) is 0 Å². The average molecular weight is 418 g/mol. The zero-order valence-corrected chi connectivity index (χ0v) is 16.4. The zero-order valence-electron chi connectivity index (χ0n) is 15.6. The van der Waals surface area contributed by atoms with Crippen LogP contribution in [0.15, 0.2) is 59.5 Å². The van der Waals surface area contributed by atoms with E-state index in [0.29, 0.717) is 18.8 Å². The van der Waals surface area contributed by atoms with Crippen molar-refractivity contribution in [3.05, 3.63) is 60.4 Å². The molecule has 152 valence electrons. The molecule has 0 spiro atoms. The summed E-state index contributed by atoms with van der Waals surface area (Å²) < 4.78 is 40.1. The highest BCUT2D eigenvalue weighted by Gasteiger charge is 2.47. The summed E-state index contributed by atoms with van der Waals surface area (Å²) in [4.78, 5) is 27.5. The number of hydrogen-bond donors (Lipinski definition) is 1. The Morgan fingerprint density at radius 2 is 1.55 bits per heavy atom. The van der Waals surface area contributed by atoms with Crippen molar-refractivity contribution in [2.45, 2.75) is 17.4 Å². The Bertz CT molecular complexity index is 1020. The lowest BCUT2D eigenvalue weighted by Gasteiger charge is -2.33. The minimum atomic E-state index is -3.57. The van der Waals surface area contributed by atoms with E-state index in [1.54, 1.807) is 30.3 Å². The minimum Gasteiger partial charge on any atom is -0.322 e. The highest BCUT2D eigenvalue weighted by Crippen LogP contribution is 2.22. The van der Waals surface area contributed by atoms with E-state index in [-0.39, 0.29) is 36.2 Å². The van der Waals surface area contributed by atoms with Crippen LogP contribution in [0.1, 0.15) is 6.42 Å².